The number of nitrogens with zero attached hydrogens (tertiary/aromatic N) is 2. The van der Waals surface area contributed by atoms with Crippen LogP contribution in [-0.2, 0) is 11.3 Å². The number of benzene rings is 2. The zero-order valence-corrected chi connectivity index (χ0v) is 22.2. The standard InChI is InChI=1S/C29H27F4N3O6/c30-22-11-16(27(37)38)7-10-23(22)34-28(39)36-17-8-9-18(36)13-19(12-17)40-14-21-25(35-42-26(21)15-5-6-15)20-3-1-2-4-24(20)41-29(31,32)33/h1-4,7,10-11,15,17-19H,5-6,8-9,12-14H2,(H,34,39)(H,37,38). The number of carbonyl (C=O) groups excluding carboxylic acids is 1. The number of rotatable bonds is 8. The molecule has 2 aliphatic heterocycles. The predicted octanol–water partition coefficient (Wildman–Crippen LogP) is 6.70. The molecule has 3 aromatic rings. The number of fused-ring (bicyclic) bond motifs is 2. The van der Waals surface area contributed by atoms with Crippen molar-refractivity contribution < 1.29 is 46.3 Å². The number of aromatic nitrogens is 1. The summed E-state index contributed by atoms with van der Waals surface area (Å²) in [6.07, 6.45) is -0.787. The van der Waals surface area contributed by atoms with Crippen molar-refractivity contribution in [3.63, 3.8) is 0 Å². The molecule has 0 spiro atoms. The van der Waals surface area contributed by atoms with E-state index in [9.17, 15) is 27.2 Å². The predicted molar refractivity (Wildman–Crippen MR) is 139 cm³/mol. The van der Waals surface area contributed by atoms with E-state index in [0.29, 0.717) is 24.2 Å². The number of carbonyl (C=O) groups is 2. The number of alkyl halides is 3. The van der Waals surface area contributed by atoms with Crippen molar-refractivity contribution >= 4 is 17.7 Å². The topological polar surface area (TPSA) is 114 Å². The molecule has 0 radical (unpaired) electrons. The number of carboxylic acids is 1. The number of anilines is 1. The molecule has 13 heteroatoms. The number of aromatic carboxylic acids is 1. The van der Waals surface area contributed by atoms with Crippen molar-refractivity contribution in [1.29, 1.82) is 0 Å². The van der Waals surface area contributed by atoms with Crippen LogP contribution in [-0.4, -0.2) is 51.7 Å². The lowest BCUT2D eigenvalue weighted by Gasteiger charge is -2.38. The molecule has 3 aliphatic rings. The molecule has 9 nitrogen and oxygen atoms in total. The third kappa shape index (κ3) is 5.78. The Morgan fingerprint density at radius 1 is 1.07 bits per heavy atom. The van der Waals surface area contributed by atoms with Gasteiger partial charge in [-0.25, -0.2) is 14.0 Å². The minimum atomic E-state index is -4.87. The number of halogens is 4. The number of carboxylic acid groups (broad SMARTS) is 1. The molecule has 222 valence electrons. The van der Waals surface area contributed by atoms with Gasteiger partial charge < -0.3 is 29.3 Å². The summed E-state index contributed by atoms with van der Waals surface area (Å²) in [5.74, 6) is -1.76. The Kier molecular flexibility index (Phi) is 7.29. The lowest BCUT2D eigenvalue weighted by atomic mass is 9.99. The maximum absolute atomic E-state index is 14.4. The second kappa shape index (κ2) is 10.9. The maximum atomic E-state index is 14.4. The highest BCUT2D eigenvalue weighted by atomic mass is 19.4. The molecule has 1 saturated carbocycles. The number of piperidine rings is 1. The van der Waals surface area contributed by atoms with Crippen molar-refractivity contribution in [1.82, 2.24) is 10.1 Å². The van der Waals surface area contributed by atoms with E-state index in [1.807, 2.05) is 0 Å². The lowest BCUT2D eigenvalue weighted by Crippen LogP contribution is -2.50. The molecule has 2 atom stereocenters. The average molecular weight is 590 g/mol. The van der Waals surface area contributed by atoms with Crippen LogP contribution in [0.1, 0.15) is 66.1 Å². The quantitative estimate of drug-likeness (QED) is 0.281. The largest absolute Gasteiger partial charge is 0.573 e. The van der Waals surface area contributed by atoms with Gasteiger partial charge in [-0.15, -0.1) is 13.2 Å². The fraction of sp³-hybridized carbons (Fsp3) is 0.414. The van der Waals surface area contributed by atoms with Gasteiger partial charge in [-0.2, -0.15) is 0 Å². The molecule has 2 N–H and O–H groups in total. The van der Waals surface area contributed by atoms with Gasteiger partial charge in [-0.3, -0.25) is 0 Å². The van der Waals surface area contributed by atoms with Crippen molar-refractivity contribution in [3.8, 4) is 17.0 Å². The van der Waals surface area contributed by atoms with Crippen molar-refractivity contribution in [2.24, 2.45) is 0 Å². The fourth-order valence-corrected chi connectivity index (χ4v) is 5.94. The summed E-state index contributed by atoms with van der Waals surface area (Å²) in [5.41, 5.74) is 0.654. The molecule has 2 aromatic carbocycles. The molecule has 1 aromatic heterocycles. The maximum Gasteiger partial charge on any atom is 0.573 e. The van der Waals surface area contributed by atoms with Gasteiger partial charge in [-0.1, -0.05) is 17.3 Å². The molecule has 6 rings (SSSR count). The van der Waals surface area contributed by atoms with Crippen LogP contribution in [0, 0.1) is 5.82 Å². The van der Waals surface area contributed by atoms with Gasteiger partial charge in [-0.05, 0) is 68.9 Å². The van der Waals surface area contributed by atoms with Crippen molar-refractivity contribution in [2.75, 3.05) is 5.32 Å². The Morgan fingerprint density at radius 3 is 2.43 bits per heavy atom. The SMILES string of the molecule is O=C(O)c1ccc(NC(=O)N2C3CCC2CC(OCc2c(-c4ccccc4OC(F)(F)F)noc2C2CC2)C3)c(F)c1. The number of nitrogens with one attached hydrogen (secondary N) is 1. The molecule has 3 fully saturated rings. The van der Waals surface area contributed by atoms with Gasteiger partial charge in [0.05, 0.1) is 24.0 Å². The third-order valence-corrected chi connectivity index (χ3v) is 7.98. The first-order valence-corrected chi connectivity index (χ1v) is 13.6. The summed E-state index contributed by atoms with van der Waals surface area (Å²) in [7, 11) is 0. The Hall–Kier alpha value is -4.13. The van der Waals surface area contributed by atoms with Gasteiger partial charge in [0.15, 0.2) is 0 Å². The lowest BCUT2D eigenvalue weighted by molar-refractivity contribution is -0.274. The molecule has 42 heavy (non-hydrogen) atoms. The van der Waals surface area contributed by atoms with Crippen LogP contribution < -0.4 is 10.1 Å². The highest BCUT2D eigenvalue weighted by Gasteiger charge is 2.44. The van der Waals surface area contributed by atoms with E-state index in [1.165, 1.54) is 30.3 Å². The first kappa shape index (κ1) is 28.0. The highest BCUT2D eigenvalue weighted by Crippen LogP contribution is 2.46. The summed E-state index contributed by atoms with van der Waals surface area (Å²) in [6.45, 7) is 0.0719. The second-order valence-corrected chi connectivity index (χ2v) is 10.8. The van der Waals surface area contributed by atoms with E-state index < -0.39 is 24.2 Å². The number of hydrogen-bond acceptors (Lipinski definition) is 6. The van der Waals surface area contributed by atoms with E-state index in [0.717, 1.165) is 31.7 Å². The van der Waals surface area contributed by atoms with Crippen LogP contribution in [0.5, 0.6) is 5.75 Å². The Morgan fingerprint density at radius 2 is 1.79 bits per heavy atom. The van der Waals surface area contributed by atoms with Crippen LogP contribution in [0.4, 0.5) is 28.0 Å². The van der Waals surface area contributed by atoms with Gasteiger partial charge in [0.1, 0.15) is 23.0 Å². The molecular weight excluding hydrogens is 562 g/mol. The number of urea groups is 1. The van der Waals surface area contributed by atoms with E-state index in [-0.39, 0.29) is 59.0 Å². The minimum absolute atomic E-state index is 0.0719. The molecule has 2 bridgehead atoms. The smallest absolute Gasteiger partial charge is 0.478 e. The molecule has 3 heterocycles. The van der Waals surface area contributed by atoms with E-state index in [1.54, 1.807) is 11.0 Å². The fourth-order valence-electron chi connectivity index (χ4n) is 5.94. The number of hydrogen-bond donors (Lipinski definition) is 2. The molecule has 2 unspecified atom stereocenters. The van der Waals surface area contributed by atoms with Crippen LogP contribution in [0.15, 0.2) is 47.0 Å². The number of amides is 2. The summed E-state index contributed by atoms with van der Waals surface area (Å²) in [6, 6.07) is 8.29. The van der Waals surface area contributed by atoms with Crippen molar-refractivity contribution in [3.05, 3.63) is 65.2 Å². The summed E-state index contributed by atoms with van der Waals surface area (Å²) >= 11 is 0. The van der Waals surface area contributed by atoms with Gasteiger partial charge >= 0.3 is 18.4 Å². The van der Waals surface area contributed by atoms with E-state index in [2.05, 4.69) is 15.2 Å². The zero-order chi connectivity index (χ0) is 29.6. The Labute approximate surface area is 237 Å². The van der Waals surface area contributed by atoms with E-state index >= 15 is 0 Å². The normalized spacial score (nSPS) is 21.8. The van der Waals surface area contributed by atoms with Crippen LogP contribution in [0.3, 0.4) is 0 Å². The van der Waals surface area contributed by atoms with Crippen LogP contribution in [0.2, 0.25) is 0 Å². The summed E-state index contributed by atoms with van der Waals surface area (Å²) in [5, 5.41) is 15.7. The third-order valence-electron chi connectivity index (χ3n) is 7.98. The monoisotopic (exact) mass is 589 g/mol. The molecule has 2 saturated heterocycles. The first-order valence-electron chi connectivity index (χ1n) is 13.6. The van der Waals surface area contributed by atoms with E-state index in [4.69, 9.17) is 14.4 Å². The number of ether oxygens (including phenoxy) is 2. The van der Waals surface area contributed by atoms with Crippen molar-refractivity contribution in [2.45, 2.75) is 75.6 Å². The first-order chi connectivity index (χ1) is 20.1. The number of para-hydroxylation sites is 1. The Bertz CT molecular complexity index is 1490. The molecule has 2 amide bonds. The highest BCUT2D eigenvalue weighted by molar-refractivity contribution is 5.92. The summed E-state index contributed by atoms with van der Waals surface area (Å²) < 4.78 is 69.7. The van der Waals surface area contributed by atoms with Crippen LogP contribution in [0.25, 0.3) is 11.3 Å². The molecular formula is C29H27F4N3O6. The van der Waals surface area contributed by atoms with Gasteiger partial charge in [0.2, 0.25) is 0 Å². The van der Waals surface area contributed by atoms with Gasteiger partial charge in [0.25, 0.3) is 0 Å². The summed E-state index contributed by atoms with van der Waals surface area (Å²) in [4.78, 5) is 25.8. The second-order valence-electron chi connectivity index (χ2n) is 10.8. The zero-order valence-electron chi connectivity index (χ0n) is 22.2. The van der Waals surface area contributed by atoms with Gasteiger partial charge in [0, 0.05) is 29.1 Å². The van der Waals surface area contributed by atoms with Crippen LogP contribution >= 0.6 is 0 Å². The average Bonchev–Trinajstić information content (AvgIpc) is 3.63. The minimum Gasteiger partial charge on any atom is -0.478 e. The Balaban J connectivity index is 1.14. The molecule has 1 aliphatic carbocycles.